The Morgan fingerprint density at radius 2 is 1.58 bits per heavy atom. The summed E-state index contributed by atoms with van der Waals surface area (Å²) in [5, 5.41) is 9.35. The van der Waals surface area contributed by atoms with Crippen LogP contribution in [-0.2, 0) is 10.2 Å². The Morgan fingerprint density at radius 3 is 2.21 bits per heavy atom. The minimum absolute atomic E-state index is 0.286. The third-order valence-corrected chi connectivity index (χ3v) is 4.12. The number of amidine groups is 1. The molecule has 0 spiro atoms. The number of rotatable bonds is 4. The molecule has 3 N–H and O–H groups in total. The average Bonchev–Trinajstić information content (AvgIpc) is 2.62. The molecule has 1 aliphatic heterocycles. The Bertz CT molecular complexity index is 774. The van der Waals surface area contributed by atoms with Crippen molar-refractivity contribution >= 4 is 23.5 Å². The smallest absolute Gasteiger partial charge is 0.293 e. The van der Waals surface area contributed by atoms with Crippen LogP contribution in [0, 0.1) is 0 Å². The maximum atomic E-state index is 12.7. The summed E-state index contributed by atoms with van der Waals surface area (Å²) in [5.74, 6) is -0.0950. The Balaban J connectivity index is 2.05. The zero-order valence-electron chi connectivity index (χ0n) is 13.2. The zero-order valence-corrected chi connectivity index (χ0v) is 13.2. The predicted molar refractivity (Wildman–Crippen MR) is 92.6 cm³/mol. The van der Waals surface area contributed by atoms with Crippen LogP contribution in [0.1, 0.15) is 18.9 Å². The molecule has 1 fully saturated rings. The van der Waals surface area contributed by atoms with Gasteiger partial charge >= 0.3 is 6.03 Å². The van der Waals surface area contributed by atoms with Crippen molar-refractivity contribution in [2.45, 2.75) is 18.8 Å². The topological polar surface area (TPSA) is 82.6 Å². The summed E-state index contributed by atoms with van der Waals surface area (Å²) in [6.45, 7) is 1.89. The molecule has 0 bridgehead atoms. The van der Waals surface area contributed by atoms with Crippen molar-refractivity contribution in [2.24, 2.45) is 5.10 Å². The van der Waals surface area contributed by atoms with E-state index < -0.39 is 11.4 Å². The van der Waals surface area contributed by atoms with Gasteiger partial charge in [-0.2, -0.15) is 5.10 Å². The van der Waals surface area contributed by atoms with E-state index in [2.05, 4.69) is 21.2 Å². The number of hydrogen-bond acceptors (Lipinski definition) is 4. The van der Waals surface area contributed by atoms with Crippen molar-refractivity contribution in [1.82, 2.24) is 10.6 Å². The molecule has 2 aromatic rings. The molecule has 1 unspecified atom stereocenters. The van der Waals surface area contributed by atoms with Gasteiger partial charge in [-0.3, -0.25) is 20.9 Å². The van der Waals surface area contributed by atoms with E-state index in [1.165, 1.54) is 0 Å². The van der Waals surface area contributed by atoms with Crippen LogP contribution in [0.25, 0.3) is 0 Å². The third-order valence-electron chi connectivity index (χ3n) is 4.12. The van der Waals surface area contributed by atoms with Crippen molar-refractivity contribution in [3.8, 4) is 0 Å². The highest BCUT2D eigenvalue weighted by Gasteiger charge is 2.48. The van der Waals surface area contributed by atoms with Crippen LogP contribution < -0.4 is 16.1 Å². The molecule has 24 heavy (non-hydrogen) atoms. The molecule has 6 nitrogen and oxygen atoms in total. The summed E-state index contributed by atoms with van der Waals surface area (Å²) in [5.41, 5.74) is 3.41. The number of nitrogens with zero attached hydrogens (tertiary/aromatic N) is 1. The van der Waals surface area contributed by atoms with E-state index in [-0.39, 0.29) is 11.7 Å². The van der Waals surface area contributed by atoms with Crippen LogP contribution in [0.5, 0.6) is 0 Å². The first-order valence-electron chi connectivity index (χ1n) is 7.74. The van der Waals surface area contributed by atoms with Gasteiger partial charge < -0.3 is 0 Å². The van der Waals surface area contributed by atoms with E-state index in [0.717, 1.165) is 11.3 Å². The largest absolute Gasteiger partial charge is 0.326 e. The number of benzene rings is 2. The van der Waals surface area contributed by atoms with Gasteiger partial charge in [0, 0.05) is 0 Å². The van der Waals surface area contributed by atoms with E-state index in [4.69, 9.17) is 0 Å². The molecule has 122 valence electrons. The Kier molecular flexibility index (Phi) is 4.29. The van der Waals surface area contributed by atoms with E-state index >= 15 is 0 Å². The van der Waals surface area contributed by atoms with E-state index in [1.54, 1.807) is 0 Å². The van der Waals surface area contributed by atoms with Gasteiger partial charge in [-0.05, 0) is 24.1 Å². The molecule has 1 aliphatic rings. The molecule has 0 radical (unpaired) electrons. The summed E-state index contributed by atoms with van der Waals surface area (Å²) >= 11 is 0. The number of para-hydroxylation sites is 1. The molecular weight excluding hydrogens is 304 g/mol. The minimum atomic E-state index is -1.04. The van der Waals surface area contributed by atoms with E-state index in [0.29, 0.717) is 6.42 Å². The van der Waals surface area contributed by atoms with Crippen molar-refractivity contribution in [3.63, 3.8) is 0 Å². The van der Waals surface area contributed by atoms with Gasteiger partial charge in [0.05, 0.1) is 5.69 Å². The molecule has 3 rings (SSSR count). The molecule has 1 saturated heterocycles. The summed E-state index contributed by atoms with van der Waals surface area (Å²) < 4.78 is 0. The molecular formula is C18H18N4O2. The zero-order chi connectivity index (χ0) is 17.0. The second-order valence-electron chi connectivity index (χ2n) is 5.47. The van der Waals surface area contributed by atoms with Gasteiger partial charge in [0.25, 0.3) is 0 Å². The number of imide groups is 1. The molecule has 3 amide bonds. The highest BCUT2D eigenvalue weighted by Crippen LogP contribution is 2.31. The molecule has 1 heterocycles. The predicted octanol–water partition coefficient (Wildman–Crippen LogP) is 2.60. The van der Waals surface area contributed by atoms with Gasteiger partial charge in [0.2, 0.25) is 5.91 Å². The summed E-state index contributed by atoms with van der Waals surface area (Å²) in [4.78, 5) is 24.5. The Morgan fingerprint density at radius 1 is 0.958 bits per heavy atom. The van der Waals surface area contributed by atoms with Gasteiger partial charge in [0.1, 0.15) is 5.41 Å². The quantitative estimate of drug-likeness (QED) is 0.757. The SMILES string of the molecule is CCC1(c2ccccc2)C(=O)NC(=O)N/C1=N\Nc1ccccc1. The summed E-state index contributed by atoms with van der Waals surface area (Å²) in [7, 11) is 0. The normalized spacial score (nSPS) is 22.0. The first-order chi connectivity index (χ1) is 11.7. The highest BCUT2D eigenvalue weighted by atomic mass is 16.2. The lowest BCUT2D eigenvalue weighted by Gasteiger charge is -2.36. The van der Waals surface area contributed by atoms with Crippen LogP contribution in [0.15, 0.2) is 65.8 Å². The fourth-order valence-electron chi connectivity index (χ4n) is 2.84. The lowest BCUT2D eigenvalue weighted by atomic mass is 9.75. The van der Waals surface area contributed by atoms with Crippen molar-refractivity contribution in [2.75, 3.05) is 5.43 Å². The van der Waals surface area contributed by atoms with Gasteiger partial charge in [-0.25, -0.2) is 4.79 Å². The standard InChI is InChI=1S/C18H18N4O2/c1-2-18(13-9-5-3-6-10-13)15(19-17(24)20-16(18)23)22-21-14-11-7-4-8-12-14/h3-12,21H,2H2,1H3,(H2,19,20,22,23,24). The molecule has 0 aliphatic carbocycles. The van der Waals surface area contributed by atoms with Crippen molar-refractivity contribution < 1.29 is 9.59 Å². The number of anilines is 1. The third kappa shape index (κ3) is 2.74. The first-order valence-corrected chi connectivity index (χ1v) is 7.74. The fraction of sp³-hybridized carbons (Fsp3) is 0.167. The number of urea groups is 1. The van der Waals surface area contributed by atoms with Gasteiger partial charge in [-0.1, -0.05) is 55.5 Å². The maximum absolute atomic E-state index is 12.7. The second kappa shape index (κ2) is 6.54. The second-order valence-corrected chi connectivity index (χ2v) is 5.47. The van der Waals surface area contributed by atoms with E-state index in [1.807, 2.05) is 67.6 Å². The van der Waals surface area contributed by atoms with Crippen LogP contribution >= 0.6 is 0 Å². The highest BCUT2D eigenvalue weighted by molar-refractivity contribution is 6.24. The number of hydrazone groups is 1. The van der Waals surface area contributed by atoms with E-state index in [9.17, 15) is 9.59 Å². The number of carbonyl (C=O) groups excluding carboxylic acids is 2. The Labute approximate surface area is 140 Å². The lowest BCUT2D eigenvalue weighted by Crippen LogP contribution is -2.64. The van der Waals surface area contributed by atoms with Crippen LogP contribution in [0.3, 0.4) is 0 Å². The number of amides is 3. The number of carbonyl (C=O) groups is 2. The first kappa shape index (κ1) is 15.7. The number of hydrogen-bond donors (Lipinski definition) is 3. The van der Waals surface area contributed by atoms with Gasteiger partial charge in [-0.15, -0.1) is 0 Å². The van der Waals surface area contributed by atoms with Crippen LogP contribution in [0.2, 0.25) is 0 Å². The Hall–Kier alpha value is -3.15. The minimum Gasteiger partial charge on any atom is -0.293 e. The molecule has 6 heteroatoms. The summed E-state index contributed by atoms with van der Waals surface area (Å²) in [6.07, 6.45) is 0.457. The number of nitrogens with one attached hydrogen (secondary N) is 3. The monoisotopic (exact) mass is 322 g/mol. The summed E-state index contributed by atoms with van der Waals surface area (Å²) in [6, 6.07) is 18.1. The molecule has 0 saturated carbocycles. The van der Waals surface area contributed by atoms with Crippen LogP contribution in [0.4, 0.5) is 10.5 Å². The fourth-order valence-corrected chi connectivity index (χ4v) is 2.84. The molecule has 2 aromatic carbocycles. The van der Waals surface area contributed by atoms with Crippen molar-refractivity contribution in [3.05, 3.63) is 66.2 Å². The average molecular weight is 322 g/mol. The maximum Gasteiger partial charge on any atom is 0.326 e. The lowest BCUT2D eigenvalue weighted by molar-refractivity contribution is -0.123. The van der Waals surface area contributed by atoms with Gasteiger partial charge in [0.15, 0.2) is 5.84 Å². The van der Waals surface area contributed by atoms with Crippen LogP contribution in [-0.4, -0.2) is 17.8 Å². The van der Waals surface area contributed by atoms with Crippen molar-refractivity contribution in [1.29, 1.82) is 0 Å². The molecule has 1 atom stereocenters. The molecule has 0 aromatic heterocycles.